The molecule has 1 unspecified atom stereocenters. The van der Waals surface area contributed by atoms with Crippen molar-refractivity contribution < 1.29 is 8.78 Å². The molecular formula is C7H6F2N2O. The zero-order valence-corrected chi connectivity index (χ0v) is 6.29. The van der Waals surface area contributed by atoms with E-state index in [-0.39, 0.29) is 5.69 Å². The van der Waals surface area contributed by atoms with Gasteiger partial charge in [0.25, 0.3) is 0 Å². The topological polar surface area (TPSA) is 42.3 Å². The van der Waals surface area contributed by atoms with Gasteiger partial charge in [-0.1, -0.05) is 5.18 Å². The van der Waals surface area contributed by atoms with Gasteiger partial charge in [0, 0.05) is 6.07 Å². The molecule has 0 saturated heterocycles. The van der Waals surface area contributed by atoms with E-state index in [9.17, 15) is 13.7 Å². The lowest BCUT2D eigenvalue weighted by molar-refractivity contribution is 0.545. The van der Waals surface area contributed by atoms with Crippen LogP contribution in [0, 0.1) is 16.5 Å². The Hall–Kier alpha value is -1.39. The Kier molecular flexibility index (Phi) is 2.42. The predicted molar refractivity (Wildman–Crippen MR) is 38.4 cm³/mol. The van der Waals surface area contributed by atoms with Crippen LogP contribution in [0.25, 0.3) is 0 Å². The molecule has 0 aliphatic rings. The highest BCUT2D eigenvalue weighted by molar-refractivity contribution is 5.11. The van der Waals surface area contributed by atoms with E-state index in [1.54, 1.807) is 0 Å². The normalized spacial score (nSPS) is 12.6. The summed E-state index contributed by atoms with van der Waals surface area (Å²) in [5, 5.41) is 2.57. The number of nitrogens with zero attached hydrogens (tertiary/aromatic N) is 2. The van der Waals surface area contributed by atoms with Crippen molar-refractivity contribution in [1.82, 2.24) is 4.98 Å². The summed E-state index contributed by atoms with van der Waals surface area (Å²) in [6.07, 6.45) is 0.847. The van der Waals surface area contributed by atoms with Crippen LogP contribution in [0.15, 0.2) is 17.4 Å². The van der Waals surface area contributed by atoms with Gasteiger partial charge >= 0.3 is 0 Å². The molecule has 0 amide bonds. The number of aromatic nitrogens is 1. The lowest BCUT2D eigenvalue weighted by Crippen LogP contribution is -1.98. The van der Waals surface area contributed by atoms with Gasteiger partial charge in [0.1, 0.15) is 23.4 Å². The molecule has 0 aliphatic carbocycles. The summed E-state index contributed by atoms with van der Waals surface area (Å²) in [4.78, 5) is 13.4. The molecule has 0 aromatic carbocycles. The van der Waals surface area contributed by atoms with Crippen molar-refractivity contribution in [3.05, 3.63) is 34.5 Å². The van der Waals surface area contributed by atoms with Gasteiger partial charge in [-0.3, -0.25) is 4.98 Å². The number of nitroso groups, excluding NO2 is 1. The molecule has 0 aliphatic heterocycles. The van der Waals surface area contributed by atoms with E-state index in [0.717, 1.165) is 6.20 Å². The summed E-state index contributed by atoms with van der Waals surface area (Å²) in [5.74, 6) is -1.61. The zero-order valence-electron chi connectivity index (χ0n) is 6.29. The van der Waals surface area contributed by atoms with E-state index in [0.29, 0.717) is 6.07 Å². The monoisotopic (exact) mass is 172 g/mol. The molecule has 64 valence electrons. The summed E-state index contributed by atoms with van der Waals surface area (Å²) in [6.45, 7) is 1.39. The minimum Gasteiger partial charge on any atom is -0.253 e. The number of pyridine rings is 1. The Balaban J connectivity index is 3.09. The number of rotatable bonds is 2. The third-order valence-electron chi connectivity index (χ3n) is 1.39. The Bertz CT molecular complexity index is 303. The molecule has 3 nitrogen and oxygen atoms in total. The molecule has 0 saturated carbocycles. The standard InChI is InChI=1S/C7H6F2N2O/c1-4(11-12)7-6(9)2-5(8)3-10-7/h2-4H,1H3. The van der Waals surface area contributed by atoms with Crippen molar-refractivity contribution >= 4 is 0 Å². The second kappa shape index (κ2) is 3.34. The summed E-state index contributed by atoms with van der Waals surface area (Å²) in [6, 6.07) is -0.213. The lowest BCUT2D eigenvalue weighted by atomic mass is 10.2. The van der Waals surface area contributed by atoms with E-state index in [2.05, 4.69) is 10.2 Å². The van der Waals surface area contributed by atoms with Crippen LogP contribution in [-0.2, 0) is 0 Å². The van der Waals surface area contributed by atoms with Crippen molar-refractivity contribution in [3.63, 3.8) is 0 Å². The van der Waals surface area contributed by atoms with Gasteiger partial charge in [0.05, 0.1) is 6.20 Å². The van der Waals surface area contributed by atoms with Crippen molar-refractivity contribution in [2.45, 2.75) is 13.0 Å². The van der Waals surface area contributed by atoms with Crippen LogP contribution in [0.3, 0.4) is 0 Å². The van der Waals surface area contributed by atoms with Gasteiger partial charge in [0.15, 0.2) is 0 Å². The third kappa shape index (κ3) is 1.61. The van der Waals surface area contributed by atoms with Crippen molar-refractivity contribution in [2.24, 2.45) is 5.18 Å². The first kappa shape index (κ1) is 8.70. The highest BCUT2D eigenvalue weighted by Crippen LogP contribution is 2.17. The molecule has 1 atom stereocenters. The van der Waals surface area contributed by atoms with Crippen molar-refractivity contribution in [1.29, 1.82) is 0 Å². The molecule has 0 radical (unpaired) electrons. The van der Waals surface area contributed by atoms with Crippen LogP contribution in [-0.4, -0.2) is 4.98 Å². The van der Waals surface area contributed by atoms with Crippen LogP contribution in [0.5, 0.6) is 0 Å². The zero-order chi connectivity index (χ0) is 9.14. The first-order valence-electron chi connectivity index (χ1n) is 3.28. The van der Waals surface area contributed by atoms with Crippen LogP contribution >= 0.6 is 0 Å². The number of hydrogen-bond donors (Lipinski definition) is 0. The number of hydrogen-bond acceptors (Lipinski definition) is 3. The molecule has 1 aromatic heterocycles. The van der Waals surface area contributed by atoms with Gasteiger partial charge in [-0.15, -0.1) is 0 Å². The van der Waals surface area contributed by atoms with Crippen molar-refractivity contribution in [2.75, 3.05) is 0 Å². The minimum absolute atomic E-state index is 0.133. The number of halogens is 2. The molecule has 12 heavy (non-hydrogen) atoms. The Morgan fingerprint density at radius 2 is 2.25 bits per heavy atom. The molecule has 0 N–H and O–H groups in total. The SMILES string of the molecule is CC(N=O)c1ncc(F)cc1F. The maximum atomic E-state index is 12.8. The molecule has 5 heteroatoms. The van der Waals surface area contributed by atoms with E-state index in [4.69, 9.17) is 0 Å². The van der Waals surface area contributed by atoms with Crippen LogP contribution in [0.1, 0.15) is 18.7 Å². The van der Waals surface area contributed by atoms with Crippen molar-refractivity contribution in [3.8, 4) is 0 Å². The highest BCUT2D eigenvalue weighted by atomic mass is 19.1. The van der Waals surface area contributed by atoms with Crippen LogP contribution < -0.4 is 0 Å². The maximum absolute atomic E-state index is 12.8. The largest absolute Gasteiger partial charge is 0.253 e. The van der Waals surface area contributed by atoms with E-state index >= 15 is 0 Å². The second-order valence-electron chi connectivity index (χ2n) is 2.30. The van der Waals surface area contributed by atoms with Gasteiger partial charge in [-0.05, 0) is 6.92 Å². The van der Waals surface area contributed by atoms with Gasteiger partial charge < -0.3 is 0 Å². The molecule has 0 spiro atoms. The molecular weight excluding hydrogens is 166 g/mol. The molecule has 0 fully saturated rings. The smallest absolute Gasteiger partial charge is 0.149 e. The van der Waals surface area contributed by atoms with Crippen LogP contribution in [0.4, 0.5) is 8.78 Å². The van der Waals surface area contributed by atoms with Gasteiger partial charge in [-0.2, -0.15) is 4.91 Å². The Morgan fingerprint density at radius 1 is 1.58 bits per heavy atom. The highest BCUT2D eigenvalue weighted by Gasteiger charge is 2.12. The van der Waals surface area contributed by atoms with E-state index < -0.39 is 17.7 Å². The predicted octanol–water partition coefficient (Wildman–Crippen LogP) is 2.19. The second-order valence-corrected chi connectivity index (χ2v) is 2.30. The van der Waals surface area contributed by atoms with E-state index in [1.165, 1.54) is 6.92 Å². The quantitative estimate of drug-likeness (QED) is 0.641. The molecule has 1 heterocycles. The Morgan fingerprint density at radius 3 is 2.75 bits per heavy atom. The average Bonchev–Trinajstić information content (AvgIpc) is 2.03. The molecule has 1 rings (SSSR count). The van der Waals surface area contributed by atoms with E-state index in [1.807, 2.05) is 0 Å². The fourth-order valence-corrected chi connectivity index (χ4v) is 0.782. The van der Waals surface area contributed by atoms with Crippen LogP contribution in [0.2, 0.25) is 0 Å². The summed E-state index contributed by atoms with van der Waals surface area (Å²) in [7, 11) is 0. The summed E-state index contributed by atoms with van der Waals surface area (Å²) >= 11 is 0. The fraction of sp³-hybridized carbons (Fsp3) is 0.286. The van der Waals surface area contributed by atoms with Gasteiger partial charge in [0.2, 0.25) is 0 Å². The summed E-state index contributed by atoms with van der Waals surface area (Å²) < 4.78 is 25.1. The Labute approximate surface area is 67.4 Å². The molecule has 1 aromatic rings. The molecule has 0 bridgehead atoms. The first-order chi connectivity index (χ1) is 5.65. The van der Waals surface area contributed by atoms with Gasteiger partial charge in [-0.25, -0.2) is 8.78 Å². The lowest BCUT2D eigenvalue weighted by Gasteiger charge is -2.01. The fourth-order valence-electron chi connectivity index (χ4n) is 0.782. The third-order valence-corrected chi connectivity index (χ3v) is 1.39. The minimum atomic E-state index is -0.884. The maximum Gasteiger partial charge on any atom is 0.149 e. The first-order valence-corrected chi connectivity index (χ1v) is 3.28. The summed E-state index contributed by atoms with van der Waals surface area (Å²) in [5.41, 5.74) is -0.133. The average molecular weight is 172 g/mol.